The molecule has 3 aromatic rings. The Balaban J connectivity index is 1.65. The van der Waals surface area contributed by atoms with E-state index in [0.717, 1.165) is 18.7 Å². The Morgan fingerprint density at radius 3 is 2.33 bits per heavy atom. The number of nitrogens with one attached hydrogen (secondary N) is 1. The van der Waals surface area contributed by atoms with Gasteiger partial charge in [0, 0.05) is 24.7 Å². The molecule has 1 atom stereocenters. The fourth-order valence-corrected chi connectivity index (χ4v) is 2.60. The minimum absolute atomic E-state index is 0.474. The maximum atomic E-state index is 4.52. The summed E-state index contributed by atoms with van der Waals surface area (Å²) >= 11 is 0. The molecule has 0 bridgehead atoms. The zero-order chi connectivity index (χ0) is 14.5. The minimum Gasteiger partial charge on any atom is -0.346 e. The SMILES string of the molecule is CC(Cc1ncc(Cc2ccccc2)[nH]1)c1ccccc1. The summed E-state index contributed by atoms with van der Waals surface area (Å²) in [7, 11) is 0. The molecule has 0 aliphatic carbocycles. The van der Waals surface area contributed by atoms with E-state index >= 15 is 0 Å². The van der Waals surface area contributed by atoms with Crippen molar-refractivity contribution in [1.29, 1.82) is 0 Å². The Bertz CT molecular complexity index is 671. The second-order valence-electron chi connectivity index (χ2n) is 5.53. The number of hydrogen-bond donors (Lipinski definition) is 1. The van der Waals surface area contributed by atoms with E-state index in [1.807, 2.05) is 12.3 Å². The number of aromatic nitrogens is 2. The van der Waals surface area contributed by atoms with E-state index in [0.29, 0.717) is 5.92 Å². The molecule has 0 saturated heterocycles. The lowest BCUT2D eigenvalue weighted by Gasteiger charge is -2.09. The van der Waals surface area contributed by atoms with Crippen LogP contribution in [-0.4, -0.2) is 9.97 Å². The van der Waals surface area contributed by atoms with Crippen molar-refractivity contribution in [2.75, 3.05) is 0 Å². The van der Waals surface area contributed by atoms with Crippen molar-refractivity contribution in [3.63, 3.8) is 0 Å². The van der Waals surface area contributed by atoms with Crippen molar-refractivity contribution in [1.82, 2.24) is 9.97 Å². The van der Waals surface area contributed by atoms with E-state index in [4.69, 9.17) is 0 Å². The highest BCUT2D eigenvalue weighted by molar-refractivity contribution is 5.22. The molecule has 0 spiro atoms. The average Bonchev–Trinajstić information content (AvgIpc) is 2.96. The van der Waals surface area contributed by atoms with Crippen molar-refractivity contribution in [2.45, 2.75) is 25.7 Å². The Labute approximate surface area is 125 Å². The summed E-state index contributed by atoms with van der Waals surface area (Å²) in [5, 5.41) is 0. The molecule has 2 heteroatoms. The van der Waals surface area contributed by atoms with E-state index in [1.165, 1.54) is 16.8 Å². The molecule has 21 heavy (non-hydrogen) atoms. The van der Waals surface area contributed by atoms with Gasteiger partial charge in [0.2, 0.25) is 0 Å². The lowest BCUT2D eigenvalue weighted by molar-refractivity contribution is 0.725. The van der Waals surface area contributed by atoms with Crippen LogP contribution in [0.3, 0.4) is 0 Å². The molecule has 2 aromatic carbocycles. The van der Waals surface area contributed by atoms with E-state index in [-0.39, 0.29) is 0 Å². The summed E-state index contributed by atoms with van der Waals surface area (Å²) in [6, 6.07) is 21.1. The van der Waals surface area contributed by atoms with Crippen LogP contribution in [0.25, 0.3) is 0 Å². The normalized spacial score (nSPS) is 12.2. The molecule has 1 N–H and O–H groups in total. The first-order chi connectivity index (χ1) is 10.3. The first kappa shape index (κ1) is 13.6. The van der Waals surface area contributed by atoms with Crippen LogP contribution >= 0.6 is 0 Å². The molecule has 1 aromatic heterocycles. The summed E-state index contributed by atoms with van der Waals surface area (Å²) in [5.74, 6) is 1.54. The predicted molar refractivity (Wildman–Crippen MR) is 86.4 cm³/mol. The smallest absolute Gasteiger partial charge is 0.106 e. The topological polar surface area (TPSA) is 28.7 Å². The van der Waals surface area contributed by atoms with Gasteiger partial charge in [0.25, 0.3) is 0 Å². The van der Waals surface area contributed by atoms with Crippen LogP contribution in [0.4, 0.5) is 0 Å². The zero-order valence-electron chi connectivity index (χ0n) is 12.3. The number of aromatic amines is 1. The van der Waals surface area contributed by atoms with Gasteiger partial charge >= 0.3 is 0 Å². The molecular weight excluding hydrogens is 256 g/mol. The lowest BCUT2D eigenvalue weighted by atomic mass is 9.98. The van der Waals surface area contributed by atoms with Crippen molar-refractivity contribution >= 4 is 0 Å². The molecule has 0 amide bonds. The van der Waals surface area contributed by atoms with Crippen molar-refractivity contribution < 1.29 is 0 Å². The number of hydrogen-bond acceptors (Lipinski definition) is 1. The van der Waals surface area contributed by atoms with Crippen molar-refractivity contribution in [3.8, 4) is 0 Å². The summed E-state index contributed by atoms with van der Waals surface area (Å²) in [4.78, 5) is 7.97. The Morgan fingerprint density at radius 2 is 1.62 bits per heavy atom. The Morgan fingerprint density at radius 1 is 0.952 bits per heavy atom. The number of H-pyrrole nitrogens is 1. The minimum atomic E-state index is 0.474. The maximum absolute atomic E-state index is 4.52. The highest BCUT2D eigenvalue weighted by Crippen LogP contribution is 2.19. The van der Waals surface area contributed by atoms with Gasteiger partial charge in [-0.15, -0.1) is 0 Å². The number of rotatable bonds is 5. The largest absolute Gasteiger partial charge is 0.346 e. The predicted octanol–water partition coefficient (Wildman–Crippen LogP) is 4.35. The highest BCUT2D eigenvalue weighted by Gasteiger charge is 2.09. The monoisotopic (exact) mass is 276 g/mol. The third-order valence-electron chi connectivity index (χ3n) is 3.79. The van der Waals surface area contributed by atoms with E-state index in [2.05, 4.69) is 71.5 Å². The first-order valence-electron chi connectivity index (χ1n) is 7.43. The maximum Gasteiger partial charge on any atom is 0.106 e. The molecule has 3 rings (SSSR count). The van der Waals surface area contributed by atoms with Crippen LogP contribution in [0.5, 0.6) is 0 Å². The molecular formula is C19H20N2. The Hall–Kier alpha value is -2.35. The van der Waals surface area contributed by atoms with Crippen LogP contribution in [0.2, 0.25) is 0 Å². The fraction of sp³-hybridized carbons (Fsp3) is 0.211. The van der Waals surface area contributed by atoms with Gasteiger partial charge in [-0.3, -0.25) is 0 Å². The number of benzene rings is 2. The second kappa shape index (κ2) is 6.40. The van der Waals surface area contributed by atoms with Gasteiger partial charge < -0.3 is 4.98 Å². The second-order valence-corrected chi connectivity index (χ2v) is 5.53. The quantitative estimate of drug-likeness (QED) is 0.737. The fourth-order valence-electron chi connectivity index (χ4n) is 2.60. The molecule has 1 heterocycles. The molecule has 106 valence electrons. The van der Waals surface area contributed by atoms with Gasteiger partial charge in [0.1, 0.15) is 5.82 Å². The molecule has 0 aliphatic heterocycles. The lowest BCUT2D eigenvalue weighted by Crippen LogP contribution is -2.00. The first-order valence-corrected chi connectivity index (χ1v) is 7.43. The standard InChI is InChI=1S/C19H20N2/c1-15(17-10-6-3-7-11-17)12-19-20-14-18(21-19)13-16-8-4-2-5-9-16/h2-11,14-15H,12-13H2,1H3,(H,20,21). The van der Waals surface area contributed by atoms with Crippen LogP contribution in [0.15, 0.2) is 66.9 Å². The van der Waals surface area contributed by atoms with Crippen LogP contribution in [0.1, 0.15) is 35.5 Å². The average molecular weight is 276 g/mol. The van der Waals surface area contributed by atoms with Gasteiger partial charge in [0.15, 0.2) is 0 Å². The summed E-state index contributed by atoms with van der Waals surface area (Å²) < 4.78 is 0. The molecule has 1 unspecified atom stereocenters. The molecule has 0 saturated carbocycles. The molecule has 0 fully saturated rings. The van der Waals surface area contributed by atoms with E-state index < -0.39 is 0 Å². The summed E-state index contributed by atoms with van der Waals surface area (Å²) in [6.45, 7) is 2.24. The van der Waals surface area contributed by atoms with Crippen LogP contribution < -0.4 is 0 Å². The third kappa shape index (κ3) is 3.60. The van der Waals surface area contributed by atoms with E-state index in [9.17, 15) is 0 Å². The van der Waals surface area contributed by atoms with Gasteiger partial charge in [-0.1, -0.05) is 67.6 Å². The third-order valence-corrected chi connectivity index (χ3v) is 3.79. The van der Waals surface area contributed by atoms with Gasteiger partial charge in [-0.05, 0) is 17.0 Å². The van der Waals surface area contributed by atoms with Crippen LogP contribution in [0, 0.1) is 0 Å². The molecule has 0 aliphatic rings. The number of imidazole rings is 1. The Kier molecular flexibility index (Phi) is 4.15. The summed E-state index contributed by atoms with van der Waals surface area (Å²) in [6.07, 6.45) is 3.81. The van der Waals surface area contributed by atoms with Gasteiger partial charge in [-0.2, -0.15) is 0 Å². The van der Waals surface area contributed by atoms with Crippen molar-refractivity contribution in [2.24, 2.45) is 0 Å². The highest BCUT2D eigenvalue weighted by atomic mass is 14.9. The molecule has 0 radical (unpaired) electrons. The van der Waals surface area contributed by atoms with Gasteiger partial charge in [0.05, 0.1) is 0 Å². The van der Waals surface area contributed by atoms with E-state index in [1.54, 1.807) is 0 Å². The summed E-state index contributed by atoms with van der Waals surface area (Å²) in [5.41, 5.74) is 3.85. The molecule has 2 nitrogen and oxygen atoms in total. The van der Waals surface area contributed by atoms with Gasteiger partial charge in [-0.25, -0.2) is 4.98 Å². The van der Waals surface area contributed by atoms with Crippen molar-refractivity contribution in [3.05, 3.63) is 89.5 Å². The van der Waals surface area contributed by atoms with Crippen LogP contribution in [-0.2, 0) is 12.8 Å². The zero-order valence-corrected chi connectivity index (χ0v) is 12.3. The number of nitrogens with zero attached hydrogens (tertiary/aromatic N) is 1.